The van der Waals surface area contributed by atoms with Crippen molar-refractivity contribution in [2.75, 3.05) is 7.11 Å². The highest BCUT2D eigenvalue weighted by Crippen LogP contribution is 2.41. The smallest absolute Gasteiger partial charge is 0.314 e. The van der Waals surface area contributed by atoms with Gasteiger partial charge in [-0.25, -0.2) is 0 Å². The topological polar surface area (TPSA) is 98.6 Å². The Kier molecular flexibility index (Phi) is 5.59. The first-order valence-electron chi connectivity index (χ1n) is 6.35. The van der Waals surface area contributed by atoms with Crippen LogP contribution < -0.4 is 10.5 Å². The summed E-state index contributed by atoms with van der Waals surface area (Å²) < 4.78 is 4.98. The van der Waals surface area contributed by atoms with Gasteiger partial charge in [-0.15, -0.1) is 12.4 Å². The van der Waals surface area contributed by atoms with E-state index in [9.17, 15) is 15.2 Å². The van der Waals surface area contributed by atoms with E-state index < -0.39 is 10.7 Å². The third kappa shape index (κ3) is 3.13. The highest BCUT2D eigenvalue weighted by molar-refractivity contribution is 5.85. The number of nitro groups is 1. The summed E-state index contributed by atoms with van der Waals surface area (Å²) in [5.41, 5.74) is 6.47. The molecule has 112 valence electrons. The van der Waals surface area contributed by atoms with Gasteiger partial charge in [0, 0.05) is 12.1 Å². The molecule has 1 saturated carbocycles. The van der Waals surface area contributed by atoms with Crippen LogP contribution in [0.15, 0.2) is 12.1 Å². The molecule has 1 atom stereocenters. The minimum atomic E-state index is -0.622. The zero-order valence-corrected chi connectivity index (χ0v) is 12.1. The van der Waals surface area contributed by atoms with Crippen LogP contribution in [0.25, 0.3) is 0 Å². The maximum absolute atomic E-state index is 10.9. The van der Waals surface area contributed by atoms with E-state index in [-0.39, 0.29) is 29.9 Å². The summed E-state index contributed by atoms with van der Waals surface area (Å²) in [5, 5.41) is 20.7. The van der Waals surface area contributed by atoms with Gasteiger partial charge in [0.15, 0.2) is 5.75 Å². The number of nitrogens with zero attached hydrogens (tertiary/aromatic N) is 1. The van der Waals surface area contributed by atoms with Crippen molar-refractivity contribution in [3.05, 3.63) is 27.8 Å². The zero-order chi connectivity index (χ0) is 14.0. The van der Waals surface area contributed by atoms with Crippen molar-refractivity contribution in [2.24, 2.45) is 11.7 Å². The first kappa shape index (κ1) is 16.5. The van der Waals surface area contributed by atoms with Gasteiger partial charge >= 0.3 is 5.69 Å². The predicted octanol–water partition coefficient (Wildman–Crippen LogP) is 2.92. The van der Waals surface area contributed by atoms with Crippen LogP contribution in [0.4, 0.5) is 5.69 Å². The molecule has 1 aromatic carbocycles. The van der Waals surface area contributed by atoms with Crippen LogP contribution in [0.3, 0.4) is 0 Å². The largest absolute Gasteiger partial charge is 0.500 e. The molecule has 0 radical (unpaired) electrons. The molecule has 1 aromatic rings. The summed E-state index contributed by atoms with van der Waals surface area (Å²) in [6.45, 7) is 0. The fourth-order valence-electron chi connectivity index (χ4n) is 2.69. The van der Waals surface area contributed by atoms with Crippen molar-refractivity contribution in [3.63, 3.8) is 0 Å². The number of hydrogen-bond acceptors (Lipinski definition) is 5. The van der Waals surface area contributed by atoms with Gasteiger partial charge in [0.2, 0.25) is 5.75 Å². The number of aromatic hydroxyl groups is 1. The summed E-state index contributed by atoms with van der Waals surface area (Å²) >= 11 is 0. The number of halogens is 1. The summed E-state index contributed by atoms with van der Waals surface area (Å²) in [5.74, 6) is -0.0126. The Hall–Kier alpha value is -1.53. The van der Waals surface area contributed by atoms with Gasteiger partial charge in [-0.1, -0.05) is 12.8 Å². The number of hydrogen-bond donors (Lipinski definition) is 2. The molecule has 7 heteroatoms. The average Bonchev–Trinajstić information content (AvgIpc) is 2.91. The highest BCUT2D eigenvalue weighted by Gasteiger charge is 2.27. The van der Waals surface area contributed by atoms with E-state index in [1.807, 2.05) is 0 Å². The van der Waals surface area contributed by atoms with E-state index in [4.69, 9.17) is 10.5 Å². The Morgan fingerprint density at radius 2 is 2.05 bits per heavy atom. The second-order valence-corrected chi connectivity index (χ2v) is 4.92. The van der Waals surface area contributed by atoms with Crippen molar-refractivity contribution in [3.8, 4) is 11.5 Å². The molecular formula is C13H19ClN2O4. The summed E-state index contributed by atoms with van der Waals surface area (Å²) in [7, 11) is 1.36. The van der Waals surface area contributed by atoms with E-state index in [2.05, 4.69) is 0 Å². The van der Waals surface area contributed by atoms with E-state index in [0.717, 1.165) is 25.7 Å². The molecule has 0 spiro atoms. The van der Waals surface area contributed by atoms with Crippen molar-refractivity contribution >= 4 is 18.1 Å². The molecule has 3 N–H and O–H groups in total. The molecule has 20 heavy (non-hydrogen) atoms. The zero-order valence-electron chi connectivity index (χ0n) is 11.2. The monoisotopic (exact) mass is 302 g/mol. The minimum absolute atomic E-state index is 0. The third-order valence-corrected chi connectivity index (χ3v) is 3.79. The van der Waals surface area contributed by atoms with Gasteiger partial charge in [-0.3, -0.25) is 10.1 Å². The number of ether oxygens (including phenoxy) is 1. The number of benzene rings is 1. The van der Waals surface area contributed by atoms with Crippen molar-refractivity contribution in [2.45, 2.75) is 31.7 Å². The van der Waals surface area contributed by atoms with Crippen molar-refractivity contribution < 1.29 is 14.8 Å². The van der Waals surface area contributed by atoms with E-state index in [1.54, 1.807) is 6.07 Å². The fourth-order valence-corrected chi connectivity index (χ4v) is 2.69. The third-order valence-electron chi connectivity index (χ3n) is 3.79. The summed E-state index contributed by atoms with van der Waals surface area (Å²) in [4.78, 5) is 10.3. The average molecular weight is 303 g/mol. The Balaban J connectivity index is 0.00000200. The Morgan fingerprint density at radius 1 is 1.45 bits per heavy atom. The van der Waals surface area contributed by atoms with E-state index in [1.165, 1.54) is 13.2 Å². The standard InChI is InChI=1S/C13H18N2O4.ClH/c1-19-11-7-9(6-10(13(11)16)15(17)18)12(14)8-4-2-3-5-8;/h6-8,12,16H,2-5,14H2,1H3;1H/t12-;/m0./s1. The quantitative estimate of drug-likeness (QED) is 0.658. The van der Waals surface area contributed by atoms with Gasteiger partial charge in [0.05, 0.1) is 12.0 Å². The molecule has 1 aliphatic carbocycles. The maximum atomic E-state index is 10.9. The van der Waals surface area contributed by atoms with Crippen LogP contribution in [0.5, 0.6) is 11.5 Å². The molecular weight excluding hydrogens is 284 g/mol. The lowest BCUT2D eigenvalue weighted by Crippen LogP contribution is -2.19. The normalized spacial score (nSPS) is 16.5. The number of nitro benzene ring substituents is 1. The molecule has 0 amide bonds. The fraction of sp³-hybridized carbons (Fsp3) is 0.538. The summed E-state index contributed by atoms with van der Waals surface area (Å²) in [6, 6.07) is 2.68. The lowest BCUT2D eigenvalue weighted by Gasteiger charge is -2.20. The van der Waals surface area contributed by atoms with Gasteiger partial charge < -0.3 is 15.6 Å². The number of methoxy groups -OCH3 is 1. The van der Waals surface area contributed by atoms with Crippen LogP contribution in [0, 0.1) is 16.0 Å². The first-order valence-corrected chi connectivity index (χ1v) is 6.35. The van der Waals surface area contributed by atoms with Crippen molar-refractivity contribution in [1.29, 1.82) is 0 Å². The molecule has 0 unspecified atom stereocenters. The summed E-state index contributed by atoms with van der Waals surface area (Å²) in [6.07, 6.45) is 4.38. The number of phenolic OH excluding ortho intramolecular Hbond substituents is 1. The lowest BCUT2D eigenvalue weighted by atomic mass is 9.92. The van der Waals surface area contributed by atoms with Crippen LogP contribution in [0.2, 0.25) is 0 Å². The Bertz CT molecular complexity index is 490. The molecule has 0 bridgehead atoms. The molecule has 2 rings (SSSR count). The predicted molar refractivity (Wildman–Crippen MR) is 77.4 cm³/mol. The number of nitrogens with two attached hydrogens (primary N) is 1. The highest BCUT2D eigenvalue weighted by atomic mass is 35.5. The van der Waals surface area contributed by atoms with Crippen LogP contribution >= 0.6 is 12.4 Å². The second-order valence-electron chi connectivity index (χ2n) is 4.92. The Morgan fingerprint density at radius 3 is 2.55 bits per heavy atom. The lowest BCUT2D eigenvalue weighted by molar-refractivity contribution is -0.386. The SMILES string of the molecule is COc1cc([C@@H](N)C2CCCC2)cc([N+](=O)[O-])c1O.Cl. The molecule has 1 fully saturated rings. The second kappa shape index (κ2) is 6.76. The van der Waals surface area contributed by atoms with E-state index in [0.29, 0.717) is 11.5 Å². The van der Waals surface area contributed by atoms with Gasteiger partial charge in [0.1, 0.15) is 0 Å². The van der Waals surface area contributed by atoms with Crippen LogP contribution in [-0.2, 0) is 0 Å². The van der Waals surface area contributed by atoms with Gasteiger partial charge in [-0.2, -0.15) is 0 Å². The molecule has 0 saturated heterocycles. The van der Waals surface area contributed by atoms with Gasteiger partial charge in [0.25, 0.3) is 0 Å². The van der Waals surface area contributed by atoms with E-state index >= 15 is 0 Å². The molecule has 6 nitrogen and oxygen atoms in total. The van der Waals surface area contributed by atoms with Crippen LogP contribution in [-0.4, -0.2) is 17.1 Å². The molecule has 0 aliphatic heterocycles. The van der Waals surface area contributed by atoms with Gasteiger partial charge in [-0.05, 0) is 30.4 Å². The number of rotatable bonds is 4. The maximum Gasteiger partial charge on any atom is 0.314 e. The minimum Gasteiger partial charge on any atom is -0.500 e. The van der Waals surface area contributed by atoms with Crippen molar-refractivity contribution in [1.82, 2.24) is 0 Å². The number of phenols is 1. The molecule has 0 heterocycles. The molecule has 1 aliphatic rings. The van der Waals surface area contributed by atoms with Crippen LogP contribution in [0.1, 0.15) is 37.3 Å². The molecule has 0 aromatic heterocycles. The Labute approximate surface area is 123 Å². The first-order chi connectivity index (χ1) is 9.04.